The largest absolute Gasteiger partial charge is 0.379 e. The first kappa shape index (κ1) is 12.0. The van der Waals surface area contributed by atoms with Gasteiger partial charge in [0.2, 0.25) is 5.91 Å². The van der Waals surface area contributed by atoms with E-state index >= 15 is 0 Å². The molecule has 2 rings (SSSR count). The molecule has 0 bridgehead atoms. The Balaban J connectivity index is 2.13. The molecule has 1 aromatic rings. The normalized spacial score (nSPS) is 23.7. The molecule has 4 nitrogen and oxygen atoms in total. The van der Waals surface area contributed by atoms with E-state index in [2.05, 4.69) is 5.32 Å². The molecule has 92 valence electrons. The maximum Gasteiger partial charge on any atom is 0.246 e. The second kappa shape index (κ2) is 4.43. The molecule has 1 saturated heterocycles. The van der Waals surface area contributed by atoms with E-state index < -0.39 is 5.54 Å². The van der Waals surface area contributed by atoms with Crippen LogP contribution in [0.2, 0.25) is 0 Å². The van der Waals surface area contributed by atoms with Crippen LogP contribution < -0.4 is 11.1 Å². The molecule has 5 heteroatoms. The van der Waals surface area contributed by atoms with Crippen LogP contribution in [0.15, 0.2) is 18.2 Å². The summed E-state index contributed by atoms with van der Waals surface area (Å²) in [7, 11) is 0. The van der Waals surface area contributed by atoms with Gasteiger partial charge in [0.1, 0.15) is 11.4 Å². The Labute approximate surface area is 98.9 Å². The number of carbonyl (C=O) groups excluding carboxylic acids is 1. The second-order valence-electron chi connectivity index (χ2n) is 4.37. The lowest BCUT2D eigenvalue weighted by Crippen LogP contribution is -2.51. The van der Waals surface area contributed by atoms with Crippen molar-refractivity contribution in [2.24, 2.45) is 5.73 Å². The van der Waals surface area contributed by atoms with Crippen LogP contribution in [0.25, 0.3) is 0 Å². The highest BCUT2D eigenvalue weighted by Crippen LogP contribution is 2.20. The fourth-order valence-corrected chi connectivity index (χ4v) is 1.77. The summed E-state index contributed by atoms with van der Waals surface area (Å²) in [5, 5.41) is 2.71. The summed E-state index contributed by atoms with van der Waals surface area (Å²) >= 11 is 0. The number of halogens is 1. The molecule has 1 fully saturated rings. The predicted octanol–water partition coefficient (Wildman–Crippen LogP) is 1.19. The minimum Gasteiger partial charge on any atom is -0.379 e. The van der Waals surface area contributed by atoms with Gasteiger partial charge >= 0.3 is 0 Å². The summed E-state index contributed by atoms with van der Waals surface area (Å²) < 4.78 is 18.0. The van der Waals surface area contributed by atoms with E-state index in [1.807, 2.05) is 0 Å². The number of hydrogen-bond acceptors (Lipinski definition) is 3. The molecule has 1 amide bonds. The van der Waals surface area contributed by atoms with Crippen LogP contribution in [0.4, 0.5) is 10.1 Å². The Morgan fingerprint density at radius 3 is 2.94 bits per heavy atom. The van der Waals surface area contributed by atoms with Gasteiger partial charge in [-0.05, 0) is 37.1 Å². The van der Waals surface area contributed by atoms with Crippen LogP contribution in [0, 0.1) is 12.7 Å². The molecule has 0 spiro atoms. The molecular formula is C12H15FN2O2. The highest BCUT2D eigenvalue weighted by molar-refractivity contribution is 5.98. The standard InChI is InChI=1S/C12H15FN2O2/c1-8-6-9(13)2-3-10(8)15-11(16)12(14)4-5-17-7-12/h2-3,6H,4-5,7,14H2,1H3,(H,15,16). The van der Waals surface area contributed by atoms with Crippen molar-refractivity contribution < 1.29 is 13.9 Å². The quantitative estimate of drug-likeness (QED) is 0.813. The van der Waals surface area contributed by atoms with Crippen molar-refractivity contribution in [1.82, 2.24) is 0 Å². The molecule has 0 aromatic heterocycles. The van der Waals surface area contributed by atoms with E-state index in [-0.39, 0.29) is 18.3 Å². The number of nitrogens with one attached hydrogen (secondary N) is 1. The van der Waals surface area contributed by atoms with Gasteiger partial charge in [0, 0.05) is 12.3 Å². The SMILES string of the molecule is Cc1cc(F)ccc1NC(=O)C1(N)CCOC1. The first-order chi connectivity index (χ1) is 8.01. The van der Waals surface area contributed by atoms with Crippen LogP contribution in [-0.2, 0) is 9.53 Å². The Morgan fingerprint density at radius 2 is 2.35 bits per heavy atom. The molecular weight excluding hydrogens is 223 g/mol. The third-order valence-electron chi connectivity index (χ3n) is 2.94. The lowest BCUT2D eigenvalue weighted by Gasteiger charge is -2.21. The van der Waals surface area contributed by atoms with Crippen molar-refractivity contribution in [1.29, 1.82) is 0 Å². The van der Waals surface area contributed by atoms with Gasteiger partial charge in [0.25, 0.3) is 0 Å². The average molecular weight is 238 g/mol. The summed E-state index contributed by atoms with van der Waals surface area (Å²) in [6.07, 6.45) is 0.499. The van der Waals surface area contributed by atoms with Crippen molar-refractivity contribution in [3.63, 3.8) is 0 Å². The van der Waals surface area contributed by atoms with Crippen LogP contribution in [-0.4, -0.2) is 24.7 Å². The number of anilines is 1. The molecule has 1 aliphatic rings. The van der Waals surface area contributed by atoms with Gasteiger partial charge in [-0.2, -0.15) is 0 Å². The monoisotopic (exact) mass is 238 g/mol. The molecule has 17 heavy (non-hydrogen) atoms. The summed E-state index contributed by atoms with van der Waals surface area (Å²) in [6, 6.07) is 4.20. The van der Waals surface area contributed by atoms with Crippen molar-refractivity contribution in [3.8, 4) is 0 Å². The summed E-state index contributed by atoms with van der Waals surface area (Å²) in [6.45, 7) is 2.44. The van der Waals surface area contributed by atoms with Crippen LogP contribution in [0.5, 0.6) is 0 Å². The van der Waals surface area contributed by atoms with E-state index in [1.165, 1.54) is 18.2 Å². The number of rotatable bonds is 2. The number of ether oxygens (including phenoxy) is 1. The lowest BCUT2D eigenvalue weighted by molar-refractivity contribution is -0.121. The van der Waals surface area contributed by atoms with E-state index in [9.17, 15) is 9.18 Å². The molecule has 1 aromatic carbocycles. The minimum absolute atomic E-state index is 0.221. The second-order valence-corrected chi connectivity index (χ2v) is 4.37. The van der Waals surface area contributed by atoms with E-state index in [4.69, 9.17) is 10.5 Å². The minimum atomic E-state index is -0.971. The molecule has 3 N–H and O–H groups in total. The van der Waals surface area contributed by atoms with Crippen LogP contribution >= 0.6 is 0 Å². The van der Waals surface area contributed by atoms with Crippen LogP contribution in [0.3, 0.4) is 0 Å². The smallest absolute Gasteiger partial charge is 0.246 e. The Hall–Kier alpha value is -1.46. The van der Waals surface area contributed by atoms with Gasteiger partial charge < -0.3 is 15.8 Å². The van der Waals surface area contributed by atoms with Crippen molar-refractivity contribution in [2.75, 3.05) is 18.5 Å². The number of nitrogens with two attached hydrogens (primary N) is 1. The first-order valence-corrected chi connectivity index (χ1v) is 5.45. The van der Waals surface area contributed by atoms with Crippen LogP contribution in [0.1, 0.15) is 12.0 Å². The average Bonchev–Trinajstić information content (AvgIpc) is 2.71. The van der Waals surface area contributed by atoms with E-state index in [1.54, 1.807) is 6.92 Å². The topological polar surface area (TPSA) is 64.4 Å². The van der Waals surface area contributed by atoms with Crippen molar-refractivity contribution >= 4 is 11.6 Å². The molecule has 1 atom stereocenters. The number of aryl methyl sites for hydroxylation is 1. The molecule has 0 saturated carbocycles. The third-order valence-corrected chi connectivity index (χ3v) is 2.94. The zero-order valence-corrected chi connectivity index (χ0v) is 9.63. The zero-order chi connectivity index (χ0) is 12.5. The lowest BCUT2D eigenvalue weighted by atomic mass is 9.99. The van der Waals surface area contributed by atoms with E-state index in [0.717, 1.165) is 0 Å². The van der Waals surface area contributed by atoms with Gasteiger partial charge in [-0.1, -0.05) is 0 Å². The molecule has 0 aliphatic carbocycles. The number of amides is 1. The van der Waals surface area contributed by atoms with Crippen molar-refractivity contribution in [2.45, 2.75) is 18.9 Å². The highest BCUT2D eigenvalue weighted by Gasteiger charge is 2.38. The maximum absolute atomic E-state index is 12.9. The first-order valence-electron chi connectivity index (χ1n) is 5.45. The zero-order valence-electron chi connectivity index (χ0n) is 9.63. The molecule has 1 heterocycles. The summed E-state index contributed by atoms with van der Waals surface area (Å²) in [5.41, 5.74) is 6.19. The summed E-state index contributed by atoms with van der Waals surface area (Å²) in [5.74, 6) is -0.614. The Bertz CT molecular complexity index is 442. The fraction of sp³-hybridized carbons (Fsp3) is 0.417. The van der Waals surface area contributed by atoms with Gasteiger partial charge in [0.05, 0.1) is 6.61 Å². The highest BCUT2D eigenvalue weighted by atomic mass is 19.1. The third kappa shape index (κ3) is 2.45. The molecule has 1 unspecified atom stereocenters. The van der Waals surface area contributed by atoms with Gasteiger partial charge in [-0.3, -0.25) is 4.79 Å². The maximum atomic E-state index is 12.9. The van der Waals surface area contributed by atoms with Gasteiger partial charge in [-0.25, -0.2) is 4.39 Å². The van der Waals surface area contributed by atoms with E-state index in [0.29, 0.717) is 24.3 Å². The Kier molecular flexibility index (Phi) is 3.13. The predicted molar refractivity (Wildman–Crippen MR) is 62.1 cm³/mol. The van der Waals surface area contributed by atoms with Gasteiger partial charge in [0.15, 0.2) is 0 Å². The number of carbonyl (C=O) groups is 1. The summed E-state index contributed by atoms with van der Waals surface area (Å²) in [4.78, 5) is 12.0. The Morgan fingerprint density at radius 1 is 1.59 bits per heavy atom. The number of hydrogen-bond donors (Lipinski definition) is 2. The number of benzene rings is 1. The molecule has 1 aliphatic heterocycles. The van der Waals surface area contributed by atoms with Gasteiger partial charge in [-0.15, -0.1) is 0 Å². The fourth-order valence-electron chi connectivity index (χ4n) is 1.77. The van der Waals surface area contributed by atoms with Crippen molar-refractivity contribution in [3.05, 3.63) is 29.6 Å². The molecule has 0 radical (unpaired) electrons.